The van der Waals surface area contributed by atoms with Gasteiger partial charge in [-0.25, -0.2) is 0 Å². The summed E-state index contributed by atoms with van der Waals surface area (Å²) < 4.78 is 9.03. The number of aromatic nitrogens is 2. The minimum atomic E-state index is 0.534. The summed E-state index contributed by atoms with van der Waals surface area (Å²) in [5.41, 5.74) is 2.49. The lowest BCUT2D eigenvalue weighted by Crippen LogP contribution is -2.43. The first kappa shape index (κ1) is 16.0. The summed E-state index contributed by atoms with van der Waals surface area (Å²) in [4.78, 5) is 0. The average Bonchev–Trinajstić information content (AvgIpc) is 2.77. The van der Waals surface area contributed by atoms with Crippen molar-refractivity contribution in [3.05, 3.63) is 15.9 Å². The molecule has 0 amide bonds. The van der Waals surface area contributed by atoms with Gasteiger partial charge in [0.2, 0.25) is 0 Å². The van der Waals surface area contributed by atoms with Gasteiger partial charge in [0.15, 0.2) is 0 Å². The fourth-order valence-electron chi connectivity index (χ4n) is 2.99. The number of hydrogen-bond donors (Lipinski definition) is 1. The van der Waals surface area contributed by atoms with E-state index in [2.05, 4.69) is 46.7 Å². The van der Waals surface area contributed by atoms with Gasteiger partial charge in [-0.2, -0.15) is 5.10 Å². The second-order valence-electron chi connectivity index (χ2n) is 5.37. The zero-order valence-corrected chi connectivity index (χ0v) is 14.4. The van der Waals surface area contributed by atoms with Crippen LogP contribution >= 0.6 is 15.9 Å². The van der Waals surface area contributed by atoms with E-state index in [0.29, 0.717) is 12.0 Å². The van der Waals surface area contributed by atoms with Crippen LogP contribution in [0.25, 0.3) is 0 Å². The quantitative estimate of drug-likeness (QED) is 0.863. The first-order valence-corrected chi connectivity index (χ1v) is 8.55. The van der Waals surface area contributed by atoms with Gasteiger partial charge in [-0.3, -0.25) is 4.68 Å². The molecule has 114 valence electrons. The molecular weight excluding hydrogens is 318 g/mol. The Morgan fingerprint density at radius 2 is 2.20 bits per heavy atom. The summed E-state index contributed by atoms with van der Waals surface area (Å²) in [6.07, 6.45) is 3.11. The normalized spacial score (nSPS) is 23.2. The van der Waals surface area contributed by atoms with Crippen LogP contribution < -0.4 is 5.32 Å². The molecule has 0 aliphatic carbocycles. The molecule has 2 atom stereocenters. The van der Waals surface area contributed by atoms with Gasteiger partial charge in [0.1, 0.15) is 0 Å². The van der Waals surface area contributed by atoms with Gasteiger partial charge in [-0.15, -0.1) is 0 Å². The molecule has 4 nitrogen and oxygen atoms in total. The molecule has 20 heavy (non-hydrogen) atoms. The molecule has 1 aliphatic heterocycles. The van der Waals surface area contributed by atoms with Crippen molar-refractivity contribution in [2.75, 3.05) is 19.8 Å². The molecule has 2 unspecified atom stereocenters. The Bertz CT molecular complexity index is 431. The number of ether oxygens (including phenoxy) is 1. The summed E-state index contributed by atoms with van der Waals surface area (Å²) in [6, 6.07) is 0.561. The van der Waals surface area contributed by atoms with Crippen LogP contribution in [0.15, 0.2) is 4.47 Å². The summed E-state index contributed by atoms with van der Waals surface area (Å²) in [5.74, 6) is 0.534. The van der Waals surface area contributed by atoms with Crippen LogP contribution in [0.5, 0.6) is 0 Å². The second-order valence-corrected chi connectivity index (χ2v) is 6.16. The molecule has 0 radical (unpaired) electrons. The van der Waals surface area contributed by atoms with Crippen molar-refractivity contribution in [3.63, 3.8) is 0 Å². The van der Waals surface area contributed by atoms with E-state index in [4.69, 9.17) is 9.84 Å². The van der Waals surface area contributed by atoms with Crippen LogP contribution in [-0.2, 0) is 24.1 Å². The number of nitrogens with zero attached hydrogens (tertiary/aromatic N) is 2. The Kier molecular flexibility index (Phi) is 6.05. The highest BCUT2D eigenvalue weighted by Crippen LogP contribution is 2.27. The third kappa shape index (κ3) is 3.43. The van der Waals surface area contributed by atoms with Crippen molar-refractivity contribution in [1.29, 1.82) is 0 Å². The Hall–Kier alpha value is -0.390. The SMILES string of the molecule is CCNC1CCOCC1Cc1c(Br)c(CC)nn1CC. The summed E-state index contributed by atoms with van der Waals surface area (Å²) in [7, 11) is 0. The average molecular weight is 344 g/mol. The molecule has 0 saturated carbocycles. The summed E-state index contributed by atoms with van der Waals surface area (Å²) in [6.45, 7) is 10.2. The van der Waals surface area contributed by atoms with Gasteiger partial charge in [0, 0.05) is 25.1 Å². The van der Waals surface area contributed by atoms with Gasteiger partial charge in [-0.1, -0.05) is 13.8 Å². The molecule has 0 spiro atoms. The molecule has 1 N–H and O–H groups in total. The van der Waals surface area contributed by atoms with Gasteiger partial charge < -0.3 is 10.1 Å². The van der Waals surface area contributed by atoms with Crippen LogP contribution in [0.3, 0.4) is 0 Å². The van der Waals surface area contributed by atoms with Crippen LogP contribution in [0.2, 0.25) is 0 Å². The van der Waals surface area contributed by atoms with E-state index in [0.717, 1.165) is 45.6 Å². The summed E-state index contributed by atoms with van der Waals surface area (Å²) >= 11 is 3.74. The van der Waals surface area contributed by atoms with E-state index in [1.807, 2.05) is 0 Å². The molecule has 2 heterocycles. The fourth-order valence-corrected chi connectivity index (χ4v) is 3.72. The number of hydrogen-bond acceptors (Lipinski definition) is 3. The lowest BCUT2D eigenvalue weighted by atomic mass is 9.91. The standard InChI is InChI=1S/C15H26BrN3O/c1-4-12-15(16)14(19(6-3)18-12)9-11-10-20-8-7-13(11)17-5-2/h11,13,17H,4-10H2,1-3H3. The van der Waals surface area contributed by atoms with Crippen molar-refractivity contribution < 1.29 is 4.74 Å². The van der Waals surface area contributed by atoms with Gasteiger partial charge in [-0.05, 0) is 48.7 Å². The Balaban J connectivity index is 2.17. The molecule has 0 bridgehead atoms. The van der Waals surface area contributed by atoms with Crippen LogP contribution in [0.1, 0.15) is 38.6 Å². The van der Waals surface area contributed by atoms with Crippen LogP contribution in [0, 0.1) is 5.92 Å². The number of nitrogens with one attached hydrogen (secondary N) is 1. The van der Waals surface area contributed by atoms with E-state index in [1.165, 1.54) is 15.9 Å². The van der Waals surface area contributed by atoms with E-state index >= 15 is 0 Å². The smallest absolute Gasteiger partial charge is 0.0766 e. The highest BCUT2D eigenvalue weighted by atomic mass is 79.9. The minimum absolute atomic E-state index is 0.534. The van der Waals surface area contributed by atoms with Crippen molar-refractivity contribution in [3.8, 4) is 0 Å². The molecular formula is C15H26BrN3O. The largest absolute Gasteiger partial charge is 0.381 e. The van der Waals surface area contributed by atoms with Crippen molar-refractivity contribution >= 4 is 15.9 Å². The predicted molar refractivity (Wildman–Crippen MR) is 85.1 cm³/mol. The molecule has 1 aromatic rings. The van der Waals surface area contributed by atoms with Crippen molar-refractivity contribution in [1.82, 2.24) is 15.1 Å². The molecule has 0 aromatic carbocycles. The van der Waals surface area contributed by atoms with E-state index < -0.39 is 0 Å². The number of rotatable bonds is 6. The molecule has 1 fully saturated rings. The Morgan fingerprint density at radius 1 is 1.40 bits per heavy atom. The lowest BCUT2D eigenvalue weighted by Gasteiger charge is -2.32. The minimum Gasteiger partial charge on any atom is -0.381 e. The Labute approximate surface area is 130 Å². The van der Waals surface area contributed by atoms with Crippen molar-refractivity contribution in [2.24, 2.45) is 5.92 Å². The zero-order valence-electron chi connectivity index (χ0n) is 12.8. The monoisotopic (exact) mass is 343 g/mol. The maximum atomic E-state index is 5.69. The number of aryl methyl sites for hydroxylation is 2. The Morgan fingerprint density at radius 3 is 2.85 bits per heavy atom. The molecule has 1 aliphatic rings. The van der Waals surface area contributed by atoms with Gasteiger partial charge in [0.05, 0.1) is 22.5 Å². The first-order valence-electron chi connectivity index (χ1n) is 7.76. The summed E-state index contributed by atoms with van der Waals surface area (Å²) in [5, 5.41) is 8.30. The maximum Gasteiger partial charge on any atom is 0.0766 e. The molecule has 1 saturated heterocycles. The van der Waals surface area contributed by atoms with Crippen LogP contribution in [0.4, 0.5) is 0 Å². The first-order chi connectivity index (χ1) is 9.71. The molecule has 1 aromatic heterocycles. The zero-order chi connectivity index (χ0) is 14.5. The van der Waals surface area contributed by atoms with Crippen molar-refractivity contribution in [2.45, 2.75) is 52.6 Å². The molecule has 2 rings (SSSR count). The van der Waals surface area contributed by atoms with Crippen LogP contribution in [-0.4, -0.2) is 35.6 Å². The van der Waals surface area contributed by atoms with E-state index in [9.17, 15) is 0 Å². The van der Waals surface area contributed by atoms with E-state index in [1.54, 1.807) is 0 Å². The third-order valence-electron chi connectivity index (χ3n) is 4.09. The second kappa shape index (κ2) is 7.57. The van der Waals surface area contributed by atoms with E-state index in [-0.39, 0.29) is 0 Å². The van der Waals surface area contributed by atoms with Gasteiger partial charge >= 0.3 is 0 Å². The highest BCUT2D eigenvalue weighted by molar-refractivity contribution is 9.10. The molecule has 5 heteroatoms. The lowest BCUT2D eigenvalue weighted by molar-refractivity contribution is 0.0319. The predicted octanol–water partition coefficient (Wildman–Crippen LogP) is 2.79. The fraction of sp³-hybridized carbons (Fsp3) is 0.800. The topological polar surface area (TPSA) is 39.1 Å². The third-order valence-corrected chi connectivity index (χ3v) is 5.01. The van der Waals surface area contributed by atoms with Gasteiger partial charge in [0.25, 0.3) is 0 Å². The number of halogens is 1. The highest BCUT2D eigenvalue weighted by Gasteiger charge is 2.27. The maximum absolute atomic E-state index is 5.69.